The number of rotatable bonds is 9. The monoisotopic (exact) mass is 492 g/mol. The first-order valence-electron chi connectivity index (χ1n) is 10.7. The molecule has 1 heterocycles. The predicted molar refractivity (Wildman–Crippen MR) is 134 cm³/mol. The summed E-state index contributed by atoms with van der Waals surface area (Å²) in [5.74, 6) is -0.423. The van der Waals surface area contributed by atoms with Crippen LogP contribution in [0, 0.1) is 11.6 Å². The van der Waals surface area contributed by atoms with E-state index in [0.717, 1.165) is 17.3 Å². The quantitative estimate of drug-likeness (QED) is 0.255. The van der Waals surface area contributed by atoms with Crippen LogP contribution < -0.4 is 16.0 Å². The molecule has 10 heteroatoms. The van der Waals surface area contributed by atoms with Gasteiger partial charge in [-0.2, -0.15) is 15.0 Å². The van der Waals surface area contributed by atoms with Crippen molar-refractivity contribution in [2.24, 2.45) is 0 Å². The molecule has 3 aromatic carbocycles. The topological polar surface area (TPSA) is 91.8 Å². The van der Waals surface area contributed by atoms with E-state index in [1.54, 1.807) is 12.1 Å². The number of thioether (sulfide) groups is 1. The van der Waals surface area contributed by atoms with Crippen molar-refractivity contribution in [1.29, 1.82) is 0 Å². The van der Waals surface area contributed by atoms with E-state index >= 15 is 0 Å². The lowest BCUT2D eigenvalue weighted by atomic mass is 10.1. The molecule has 0 saturated heterocycles. The second-order valence-electron chi connectivity index (χ2n) is 7.52. The molecule has 0 aliphatic rings. The van der Waals surface area contributed by atoms with E-state index in [2.05, 4.69) is 30.9 Å². The van der Waals surface area contributed by atoms with Crippen molar-refractivity contribution in [3.05, 3.63) is 96.1 Å². The van der Waals surface area contributed by atoms with E-state index in [-0.39, 0.29) is 35.3 Å². The summed E-state index contributed by atoms with van der Waals surface area (Å²) < 4.78 is 26.3. The van der Waals surface area contributed by atoms with Gasteiger partial charge < -0.3 is 16.0 Å². The Hall–Kier alpha value is -4.05. The van der Waals surface area contributed by atoms with Crippen molar-refractivity contribution in [3.8, 4) is 0 Å². The van der Waals surface area contributed by atoms with Crippen LogP contribution in [0.2, 0.25) is 0 Å². The number of nitrogens with zero attached hydrogens (tertiary/aromatic N) is 3. The number of carbonyl (C=O) groups is 1. The summed E-state index contributed by atoms with van der Waals surface area (Å²) in [6.45, 7) is 1.98. The molecule has 4 aromatic rings. The second-order valence-corrected chi connectivity index (χ2v) is 8.46. The van der Waals surface area contributed by atoms with Gasteiger partial charge in [-0.15, -0.1) is 0 Å². The molecule has 1 amide bonds. The highest BCUT2D eigenvalue weighted by Crippen LogP contribution is 2.23. The molecule has 0 fully saturated rings. The summed E-state index contributed by atoms with van der Waals surface area (Å²) >= 11 is 1.13. The smallest absolute Gasteiger partial charge is 0.234 e. The minimum atomic E-state index is -0.381. The molecule has 0 saturated carbocycles. The van der Waals surface area contributed by atoms with Crippen molar-refractivity contribution >= 4 is 40.9 Å². The molecule has 0 spiro atoms. The highest BCUT2D eigenvalue weighted by Gasteiger charge is 2.13. The molecule has 178 valence electrons. The molecule has 0 unspecified atom stereocenters. The highest BCUT2D eigenvalue weighted by atomic mass is 32.2. The number of halogens is 2. The van der Waals surface area contributed by atoms with E-state index in [1.165, 1.54) is 36.4 Å². The Labute approximate surface area is 205 Å². The molecule has 35 heavy (non-hydrogen) atoms. The molecule has 3 N–H and O–H groups in total. The molecule has 0 aliphatic heterocycles. The number of hydrogen-bond acceptors (Lipinski definition) is 7. The lowest BCUT2D eigenvalue weighted by molar-refractivity contribution is -0.113. The molecule has 4 rings (SSSR count). The number of anilines is 4. The first kappa shape index (κ1) is 24.1. The first-order chi connectivity index (χ1) is 16.9. The van der Waals surface area contributed by atoms with E-state index in [4.69, 9.17) is 0 Å². The fourth-order valence-corrected chi connectivity index (χ4v) is 3.72. The van der Waals surface area contributed by atoms with Gasteiger partial charge in [-0.25, -0.2) is 8.78 Å². The molecule has 0 aliphatic carbocycles. The van der Waals surface area contributed by atoms with E-state index < -0.39 is 0 Å². The zero-order chi connectivity index (χ0) is 24.6. The van der Waals surface area contributed by atoms with Crippen LogP contribution in [0.1, 0.15) is 18.5 Å². The van der Waals surface area contributed by atoms with Crippen molar-refractivity contribution in [2.75, 3.05) is 21.7 Å². The Bertz CT molecular complexity index is 1270. The van der Waals surface area contributed by atoms with Gasteiger partial charge in [0.25, 0.3) is 0 Å². The van der Waals surface area contributed by atoms with Crippen LogP contribution in [0.15, 0.2) is 84.0 Å². The minimum absolute atomic E-state index is 0.0328. The number of carbonyl (C=O) groups excluding carboxylic acids is 1. The van der Waals surface area contributed by atoms with Crippen LogP contribution in [-0.2, 0) is 4.79 Å². The van der Waals surface area contributed by atoms with Crippen molar-refractivity contribution < 1.29 is 13.6 Å². The number of benzene rings is 3. The molecule has 0 bridgehead atoms. The average molecular weight is 493 g/mol. The van der Waals surface area contributed by atoms with Gasteiger partial charge in [-0.1, -0.05) is 42.1 Å². The second kappa shape index (κ2) is 11.4. The van der Waals surface area contributed by atoms with Crippen molar-refractivity contribution in [1.82, 2.24) is 15.0 Å². The third-order valence-electron chi connectivity index (χ3n) is 4.82. The lowest BCUT2D eigenvalue weighted by Gasteiger charge is -2.15. The Morgan fingerprint density at radius 2 is 1.43 bits per heavy atom. The Kier molecular flexibility index (Phi) is 7.84. The average Bonchev–Trinajstić information content (AvgIpc) is 2.86. The van der Waals surface area contributed by atoms with Crippen LogP contribution in [0.3, 0.4) is 0 Å². The van der Waals surface area contributed by atoms with E-state index in [0.29, 0.717) is 22.5 Å². The van der Waals surface area contributed by atoms with E-state index in [1.807, 2.05) is 37.3 Å². The molecular weight excluding hydrogens is 470 g/mol. The van der Waals surface area contributed by atoms with Crippen LogP contribution >= 0.6 is 11.8 Å². The fourth-order valence-electron chi connectivity index (χ4n) is 3.08. The summed E-state index contributed by atoms with van der Waals surface area (Å²) in [5.41, 5.74) is 2.14. The molecule has 7 nitrogen and oxygen atoms in total. The van der Waals surface area contributed by atoms with Gasteiger partial charge in [0, 0.05) is 11.4 Å². The minimum Gasteiger partial charge on any atom is -0.348 e. The van der Waals surface area contributed by atoms with Gasteiger partial charge in [0.05, 0.1) is 11.8 Å². The third-order valence-corrected chi connectivity index (χ3v) is 5.67. The largest absolute Gasteiger partial charge is 0.348 e. The fraction of sp³-hybridized carbons (Fsp3) is 0.120. The normalized spacial score (nSPS) is 11.5. The van der Waals surface area contributed by atoms with Gasteiger partial charge in [0.15, 0.2) is 5.16 Å². The van der Waals surface area contributed by atoms with E-state index in [9.17, 15) is 13.6 Å². The van der Waals surface area contributed by atoms with Crippen molar-refractivity contribution in [3.63, 3.8) is 0 Å². The van der Waals surface area contributed by atoms with Gasteiger partial charge in [-0.05, 0) is 61.0 Å². The summed E-state index contributed by atoms with van der Waals surface area (Å²) in [4.78, 5) is 25.6. The lowest BCUT2D eigenvalue weighted by Crippen LogP contribution is -2.15. The van der Waals surface area contributed by atoms with Gasteiger partial charge >= 0.3 is 0 Å². The van der Waals surface area contributed by atoms with Crippen LogP contribution in [0.4, 0.5) is 32.1 Å². The zero-order valence-corrected chi connectivity index (χ0v) is 19.5. The molecular formula is C25H22F2N6OS. The maximum Gasteiger partial charge on any atom is 0.234 e. The number of aromatic nitrogens is 3. The zero-order valence-electron chi connectivity index (χ0n) is 18.7. The van der Waals surface area contributed by atoms with Gasteiger partial charge in [0.2, 0.25) is 17.8 Å². The van der Waals surface area contributed by atoms with Crippen LogP contribution in [0.25, 0.3) is 0 Å². The van der Waals surface area contributed by atoms with Crippen LogP contribution in [-0.4, -0.2) is 26.6 Å². The highest BCUT2D eigenvalue weighted by molar-refractivity contribution is 7.99. The van der Waals surface area contributed by atoms with Gasteiger partial charge in [0.1, 0.15) is 11.6 Å². The molecule has 0 radical (unpaired) electrons. The molecule has 1 aromatic heterocycles. The first-order valence-corrected chi connectivity index (χ1v) is 11.7. The SMILES string of the molecule is C[C@@H](Nc1nc(Nc2ccc(F)cc2)nc(SCC(=O)Nc2ccc(F)cc2)n1)c1ccccc1. The summed E-state index contributed by atoms with van der Waals surface area (Å²) in [7, 11) is 0. The summed E-state index contributed by atoms with van der Waals surface area (Å²) in [6, 6.07) is 21.0. The molecule has 1 atom stereocenters. The maximum absolute atomic E-state index is 13.3. The third kappa shape index (κ3) is 7.21. The van der Waals surface area contributed by atoms with Crippen LogP contribution in [0.5, 0.6) is 0 Å². The standard InChI is InChI=1S/C25H22F2N6OS/c1-16(17-5-3-2-4-6-17)28-23-31-24(30-21-13-9-19(27)10-14-21)33-25(32-23)35-15-22(34)29-20-11-7-18(26)8-12-20/h2-14,16H,15H2,1H3,(H,29,34)(H2,28,30,31,32,33)/t16-/m1/s1. The maximum atomic E-state index is 13.3. The Morgan fingerprint density at radius 3 is 2.09 bits per heavy atom. The summed E-state index contributed by atoms with van der Waals surface area (Å²) in [6.07, 6.45) is 0. The summed E-state index contributed by atoms with van der Waals surface area (Å²) in [5, 5.41) is 9.32. The Morgan fingerprint density at radius 1 is 0.829 bits per heavy atom. The number of hydrogen-bond donors (Lipinski definition) is 3. The Balaban J connectivity index is 1.49. The predicted octanol–water partition coefficient (Wildman–Crippen LogP) is 5.80. The number of nitrogens with one attached hydrogen (secondary N) is 3. The van der Waals surface area contributed by atoms with Crippen molar-refractivity contribution in [2.45, 2.75) is 18.1 Å². The number of amides is 1. The van der Waals surface area contributed by atoms with Gasteiger partial charge in [-0.3, -0.25) is 4.79 Å².